The number of rotatable bonds is 1. The topological polar surface area (TPSA) is 0 Å². The summed E-state index contributed by atoms with van der Waals surface area (Å²) in [5.74, 6) is -0.859. The molecule has 5 heteroatoms. The molecule has 0 aliphatic heterocycles. The Kier molecular flexibility index (Phi) is 2.45. The zero-order valence-electron chi connectivity index (χ0n) is 6.80. The average Bonchev–Trinajstić information content (AvgIpc) is 2.42. The first kappa shape index (κ1) is 9.86. The maximum Gasteiger partial charge on any atom is 0.266 e. The Morgan fingerprint density at radius 3 is 2.57 bits per heavy atom. The highest BCUT2D eigenvalue weighted by atomic mass is 32.2. The molecular formula is C9H5F3S2. The molecule has 0 amide bonds. The zero-order chi connectivity index (χ0) is 10.3. The van der Waals surface area contributed by atoms with Gasteiger partial charge in [-0.3, -0.25) is 0 Å². The van der Waals surface area contributed by atoms with Crippen molar-refractivity contribution in [1.29, 1.82) is 0 Å². The Balaban J connectivity index is 2.70. The zero-order valence-corrected chi connectivity index (χ0v) is 8.51. The molecule has 0 N–H and O–H groups in total. The van der Waals surface area contributed by atoms with Crippen molar-refractivity contribution in [2.45, 2.75) is 10.6 Å². The molecule has 0 nitrogen and oxygen atoms in total. The van der Waals surface area contributed by atoms with Gasteiger partial charge in [0.05, 0.1) is 9.77 Å². The van der Waals surface area contributed by atoms with E-state index in [4.69, 9.17) is 0 Å². The van der Waals surface area contributed by atoms with E-state index in [1.54, 1.807) is 6.07 Å². The Hall–Kier alpha value is -0.680. The fourth-order valence-corrected chi connectivity index (χ4v) is 2.48. The lowest BCUT2D eigenvalue weighted by Crippen LogP contribution is -1.89. The van der Waals surface area contributed by atoms with Crippen molar-refractivity contribution in [3.63, 3.8) is 0 Å². The SMILES string of the molecule is Fc1cc2sc(S)cc2cc1C(F)F. The second-order valence-electron chi connectivity index (χ2n) is 2.80. The van der Waals surface area contributed by atoms with Crippen molar-refractivity contribution in [3.05, 3.63) is 29.6 Å². The maximum absolute atomic E-state index is 13.1. The first-order valence-electron chi connectivity index (χ1n) is 3.78. The third-order valence-corrected chi connectivity index (χ3v) is 3.16. The van der Waals surface area contributed by atoms with Crippen LogP contribution >= 0.6 is 24.0 Å². The molecule has 0 unspecified atom stereocenters. The number of benzene rings is 1. The van der Waals surface area contributed by atoms with Gasteiger partial charge < -0.3 is 0 Å². The standard InChI is InChI=1S/C9H5F3S2/c10-6-3-7-4(2-8(13)14-7)1-5(6)9(11)12/h1-3,9,13H. The molecular weight excluding hydrogens is 229 g/mol. The molecule has 2 aromatic rings. The van der Waals surface area contributed by atoms with Crippen LogP contribution in [0, 0.1) is 5.82 Å². The van der Waals surface area contributed by atoms with Crippen LogP contribution in [0.3, 0.4) is 0 Å². The predicted molar refractivity (Wildman–Crippen MR) is 54.0 cm³/mol. The molecule has 0 fully saturated rings. The van der Waals surface area contributed by atoms with Crippen molar-refractivity contribution in [1.82, 2.24) is 0 Å². The predicted octanol–water partition coefficient (Wildman–Crippen LogP) is 4.27. The van der Waals surface area contributed by atoms with Gasteiger partial charge in [-0.25, -0.2) is 13.2 Å². The number of halogens is 3. The third-order valence-electron chi connectivity index (χ3n) is 1.86. The summed E-state index contributed by atoms with van der Waals surface area (Å²) in [7, 11) is 0. The van der Waals surface area contributed by atoms with E-state index in [1.165, 1.54) is 17.4 Å². The van der Waals surface area contributed by atoms with Crippen LogP contribution in [0.5, 0.6) is 0 Å². The minimum absolute atomic E-state index is 0.552. The van der Waals surface area contributed by atoms with E-state index < -0.39 is 17.8 Å². The second kappa shape index (κ2) is 3.47. The van der Waals surface area contributed by atoms with Crippen molar-refractivity contribution in [3.8, 4) is 0 Å². The number of hydrogen-bond acceptors (Lipinski definition) is 2. The monoisotopic (exact) mass is 234 g/mol. The molecule has 0 spiro atoms. The Morgan fingerprint density at radius 1 is 1.21 bits per heavy atom. The van der Waals surface area contributed by atoms with Gasteiger partial charge in [0.25, 0.3) is 6.43 Å². The lowest BCUT2D eigenvalue weighted by molar-refractivity contribution is 0.146. The molecule has 0 aliphatic rings. The highest BCUT2D eigenvalue weighted by Gasteiger charge is 2.14. The molecule has 0 atom stereocenters. The van der Waals surface area contributed by atoms with Gasteiger partial charge in [-0.15, -0.1) is 24.0 Å². The molecule has 0 bridgehead atoms. The smallest absolute Gasteiger partial charge is 0.206 e. The molecule has 0 saturated carbocycles. The summed E-state index contributed by atoms with van der Waals surface area (Å²) < 4.78 is 39.0. The largest absolute Gasteiger partial charge is 0.266 e. The first-order valence-corrected chi connectivity index (χ1v) is 5.04. The van der Waals surface area contributed by atoms with E-state index in [0.717, 1.165) is 6.07 Å². The van der Waals surface area contributed by atoms with Gasteiger partial charge in [-0.05, 0) is 23.6 Å². The lowest BCUT2D eigenvalue weighted by Gasteiger charge is -2.00. The van der Waals surface area contributed by atoms with Crippen molar-refractivity contribution in [2.75, 3.05) is 0 Å². The molecule has 1 aromatic heterocycles. The average molecular weight is 234 g/mol. The molecule has 1 heterocycles. The Bertz CT molecular complexity index is 476. The lowest BCUT2D eigenvalue weighted by atomic mass is 10.1. The van der Waals surface area contributed by atoms with Crippen molar-refractivity contribution in [2.24, 2.45) is 0 Å². The summed E-state index contributed by atoms with van der Waals surface area (Å²) in [4.78, 5) is 0. The molecule has 14 heavy (non-hydrogen) atoms. The van der Waals surface area contributed by atoms with Gasteiger partial charge >= 0.3 is 0 Å². The number of fused-ring (bicyclic) bond motifs is 1. The summed E-state index contributed by atoms with van der Waals surface area (Å²) >= 11 is 5.34. The number of thiophene rings is 1. The summed E-state index contributed by atoms with van der Waals surface area (Å²) in [6, 6.07) is 3.95. The fourth-order valence-electron chi connectivity index (χ4n) is 1.23. The van der Waals surface area contributed by atoms with Crippen LogP contribution in [-0.4, -0.2) is 0 Å². The Morgan fingerprint density at radius 2 is 1.93 bits per heavy atom. The summed E-state index contributed by atoms with van der Waals surface area (Å²) in [5, 5.41) is 0.608. The quantitative estimate of drug-likeness (QED) is 0.700. The van der Waals surface area contributed by atoms with Gasteiger partial charge in [0.2, 0.25) is 0 Å². The van der Waals surface area contributed by atoms with E-state index >= 15 is 0 Å². The number of hydrogen-bond donors (Lipinski definition) is 1. The van der Waals surface area contributed by atoms with Crippen LogP contribution in [0.4, 0.5) is 13.2 Å². The molecule has 0 radical (unpaired) electrons. The second-order valence-corrected chi connectivity index (χ2v) is 4.67. The third kappa shape index (κ3) is 1.62. The van der Waals surface area contributed by atoms with Crippen LogP contribution in [0.25, 0.3) is 10.1 Å². The molecule has 0 saturated heterocycles. The highest BCUT2D eigenvalue weighted by Crippen LogP contribution is 2.33. The van der Waals surface area contributed by atoms with E-state index in [2.05, 4.69) is 12.6 Å². The summed E-state index contributed by atoms with van der Waals surface area (Å²) in [5.41, 5.74) is -0.552. The van der Waals surface area contributed by atoms with Gasteiger partial charge in [0, 0.05) is 4.70 Å². The highest BCUT2D eigenvalue weighted by molar-refractivity contribution is 7.83. The van der Waals surface area contributed by atoms with Gasteiger partial charge in [0.1, 0.15) is 5.82 Å². The van der Waals surface area contributed by atoms with Crippen LogP contribution in [-0.2, 0) is 0 Å². The Labute approximate surface area is 87.8 Å². The van der Waals surface area contributed by atoms with Crippen LogP contribution in [0.1, 0.15) is 12.0 Å². The normalized spacial score (nSPS) is 11.5. The number of thiol groups is 1. The van der Waals surface area contributed by atoms with E-state index in [9.17, 15) is 13.2 Å². The number of alkyl halides is 2. The van der Waals surface area contributed by atoms with Gasteiger partial charge in [-0.2, -0.15) is 0 Å². The minimum Gasteiger partial charge on any atom is -0.206 e. The maximum atomic E-state index is 13.1. The molecule has 2 rings (SSSR count). The van der Waals surface area contributed by atoms with E-state index in [0.29, 0.717) is 14.3 Å². The van der Waals surface area contributed by atoms with E-state index in [1.807, 2.05) is 0 Å². The fraction of sp³-hybridized carbons (Fsp3) is 0.111. The molecule has 0 aliphatic carbocycles. The first-order chi connectivity index (χ1) is 6.58. The molecule has 74 valence electrons. The van der Waals surface area contributed by atoms with Crippen LogP contribution < -0.4 is 0 Å². The molecule has 1 aromatic carbocycles. The van der Waals surface area contributed by atoms with Crippen LogP contribution in [0.15, 0.2) is 22.4 Å². The van der Waals surface area contributed by atoms with E-state index in [-0.39, 0.29) is 0 Å². The van der Waals surface area contributed by atoms with Crippen molar-refractivity contribution < 1.29 is 13.2 Å². The minimum atomic E-state index is -2.78. The summed E-state index contributed by atoms with van der Waals surface area (Å²) in [6.45, 7) is 0. The van der Waals surface area contributed by atoms with Crippen molar-refractivity contribution >= 4 is 34.1 Å². The van der Waals surface area contributed by atoms with Crippen LogP contribution in [0.2, 0.25) is 0 Å². The van der Waals surface area contributed by atoms with Gasteiger partial charge in [-0.1, -0.05) is 0 Å². The summed E-state index contributed by atoms with van der Waals surface area (Å²) in [6.07, 6.45) is -2.78. The van der Waals surface area contributed by atoms with Gasteiger partial charge in [0.15, 0.2) is 0 Å².